The summed E-state index contributed by atoms with van der Waals surface area (Å²) >= 11 is 0. The minimum absolute atomic E-state index is 0.222. The van der Waals surface area contributed by atoms with Crippen molar-refractivity contribution in [2.75, 3.05) is 9.80 Å². The molecule has 6 nitrogen and oxygen atoms in total. The Bertz CT molecular complexity index is 4600. The Morgan fingerprint density at radius 3 is 0.975 bits per heavy atom. The highest BCUT2D eigenvalue weighted by molar-refractivity contribution is 6.98. The van der Waals surface area contributed by atoms with Crippen molar-refractivity contribution < 1.29 is 9.47 Å². The number of para-hydroxylation sites is 6. The molecule has 378 valence electrons. The van der Waals surface area contributed by atoms with Crippen LogP contribution in [0, 0.1) is 0 Å². The van der Waals surface area contributed by atoms with Crippen LogP contribution in [0.2, 0.25) is 0 Å². The molecule has 0 amide bonds. The average molecular weight is 1040 g/mol. The predicted octanol–water partition coefficient (Wildman–Crippen LogP) is 17.9. The molecular formula is C74H47BN4O2. The van der Waals surface area contributed by atoms with E-state index in [4.69, 9.17) is 9.47 Å². The summed E-state index contributed by atoms with van der Waals surface area (Å²) in [6.07, 6.45) is 0. The molecule has 2 aromatic heterocycles. The number of fused-ring (bicyclic) bond motifs is 14. The number of hydrogen-bond donors (Lipinski definition) is 0. The van der Waals surface area contributed by atoms with Gasteiger partial charge >= 0.3 is 0 Å². The first-order valence-corrected chi connectivity index (χ1v) is 27.7. The lowest BCUT2D eigenvalue weighted by atomic mass is 9.35. The molecule has 2 aliphatic rings. The fourth-order valence-corrected chi connectivity index (χ4v) is 13.4. The van der Waals surface area contributed by atoms with E-state index in [9.17, 15) is 0 Å². The molecule has 17 rings (SSSR count). The molecule has 0 atom stereocenters. The van der Waals surface area contributed by atoms with Crippen LogP contribution in [0.1, 0.15) is 0 Å². The molecule has 0 saturated carbocycles. The molecule has 0 unspecified atom stereocenters. The molecular weight excluding hydrogens is 988 g/mol. The van der Waals surface area contributed by atoms with Gasteiger partial charge in [0.05, 0.1) is 33.4 Å². The molecule has 15 aromatic rings. The van der Waals surface area contributed by atoms with E-state index >= 15 is 0 Å². The summed E-state index contributed by atoms with van der Waals surface area (Å²) in [5, 5.41) is 9.23. The summed E-state index contributed by atoms with van der Waals surface area (Å²) in [6.45, 7) is -0.222. The van der Waals surface area contributed by atoms with Crippen molar-refractivity contribution in [1.82, 2.24) is 9.13 Å². The molecule has 0 saturated heterocycles. The predicted molar refractivity (Wildman–Crippen MR) is 337 cm³/mol. The Hall–Kier alpha value is -10.8. The molecule has 0 bridgehead atoms. The molecule has 13 aromatic carbocycles. The molecule has 0 aliphatic carbocycles. The van der Waals surface area contributed by atoms with Gasteiger partial charge in [0, 0.05) is 71.9 Å². The van der Waals surface area contributed by atoms with Gasteiger partial charge in [0.2, 0.25) is 0 Å². The molecule has 0 spiro atoms. The van der Waals surface area contributed by atoms with Crippen molar-refractivity contribution in [3.8, 4) is 34.4 Å². The molecule has 2 aliphatic heterocycles. The van der Waals surface area contributed by atoms with E-state index in [1.54, 1.807) is 0 Å². The van der Waals surface area contributed by atoms with Gasteiger partial charge in [-0.2, -0.15) is 0 Å². The quantitative estimate of drug-likeness (QED) is 0.142. The van der Waals surface area contributed by atoms with Crippen LogP contribution in [0.25, 0.3) is 76.5 Å². The van der Waals surface area contributed by atoms with Gasteiger partial charge in [-0.25, -0.2) is 0 Å². The minimum Gasteiger partial charge on any atom is -0.458 e. The summed E-state index contributed by atoms with van der Waals surface area (Å²) in [4.78, 5) is 4.78. The fraction of sp³-hybridized carbons (Fsp3) is 0. The lowest BCUT2D eigenvalue weighted by molar-refractivity contribution is 0.465. The molecule has 81 heavy (non-hydrogen) atoms. The molecule has 0 fully saturated rings. The third-order valence-electron chi connectivity index (χ3n) is 16.7. The van der Waals surface area contributed by atoms with Gasteiger partial charge < -0.3 is 28.4 Å². The SMILES string of the molecule is c1ccc(N(c2ccccc2)c2cc3c(c4ccccc24)c2cc4c(cc2n3-c2ccccc2)B2c3cc5c(cc3Oc3cccc(c32)O4)c2c3ccccc3c(N(c3ccccc3)c3ccccc3)cc2n5-c2ccccc2)cc1. The number of benzene rings is 13. The third kappa shape index (κ3) is 6.89. The first-order chi connectivity index (χ1) is 40.2. The zero-order chi connectivity index (χ0) is 53.1. The summed E-state index contributed by atoms with van der Waals surface area (Å²) in [7, 11) is 0. The van der Waals surface area contributed by atoms with Crippen LogP contribution in [-0.2, 0) is 0 Å². The molecule has 7 heteroatoms. The maximum absolute atomic E-state index is 7.18. The Morgan fingerprint density at radius 2 is 0.605 bits per heavy atom. The molecule has 0 radical (unpaired) electrons. The van der Waals surface area contributed by atoms with Crippen molar-refractivity contribution >= 4 is 122 Å². The van der Waals surface area contributed by atoms with Crippen LogP contribution in [0.5, 0.6) is 23.0 Å². The zero-order valence-electron chi connectivity index (χ0n) is 43.8. The van der Waals surface area contributed by atoms with Gasteiger partial charge in [0.25, 0.3) is 6.71 Å². The standard InChI is InChI=1S/C74H47BN4O2/c1-7-24-48(25-8-1)76(49-26-9-2-10-27-49)64-46-66-72(56-38-21-19-36-54(56)64)58-42-70-60(44-62(58)78(66)52-32-15-5-16-33-52)75-61-45-63-59(43-71(61)81-69-41-23-40-68(80-70)74(69)75)73-57-39-22-20-37-55(57)65(47-67(73)79(63)53-34-17-6-18-35-53)77(50-28-11-3-12-29-50)51-30-13-4-14-31-51/h1-47H. The number of nitrogens with zero attached hydrogens (tertiary/aromatic N) is 4. The van der Waals surface area contributed by atoms with Crippen LogP contribution in [0.15, 0.2) is 285 Å². The molecule has 4 heterocycles. The average Bonchev–Trinajstić information content (AvgIpc) is 3.91. The van der Waals surface area contributed by atoms with E-state index < -0.39 is 0 Å². The Labute approximate surface area is 467 Å². The van der Waals surface area contributed by atoms with Crippen LogP contribution in [0.3, 0.4) is 0 Å². The number of anilines is 6. The van der Waals surface area contributed by atoms with E-state index in [0.29, 0.717) is 0 Å². The summed E-state index contributed by atoms with van der Waals surface area (Å²) in [5.74, 6) is 3.27. The lowest BCUT2D eigenvalue weighted by Crippen LogP contribution is -2.57. The highest BCUT2D eigenvalue weighted by atomic mass is 16.5. The minimum atomic E-state index is -0.222. The number of aromatic nitrogens is 2. The topological polar surface area (TPSA) is 34.8 Å². The molecule has 0 N–H and O–H groups in total. The maximum atomic E-state index is 7.18. The van der Waals surface area contributed by atoms with Crippen LogP contribution in [0.4, 0.5) is 34.1 Å². The summed E-state index contributed by atoms with van der Waals surface area (Å²) in [6, 6.07) is 103. The zero-order valence-corrected chi connectivity index (χ0v) is 43.8. The first kappa shape index (κ1) is 45.3. The van der Waals surface area contributed by atoms with Gasteiger partial charge in [-0.05, 0) is 143 Å². The van der Waals surface area contributed by atoms with Gasteiger partial charge in [-0.15, -0.1) is 0 Å². The van der Waals surface area contributed by atoms with Crippen molar-refractivity contribution in [2.45, 2.75) is 0 Å². The second-order valence-corrected chi connectivity index (χ2v) is 21.1. The highest BCUT2D eigenvalue weighted by Crippen LogP contribution is 2.49. The third-order valence-corrected chi connectivity index (χ3v) is 16.7. The second kappa shape index (κ2) is 17.9. The first-order valence-electron chi connectivity index (χ1n) is 27.7. The van der Waals surface area contributed by atoms with Crippen molar-refractivity contribution in [3.05, 3.63) is 285 Å². The summed E-state index contributed by atoms with van der Waals surface area (Å²) < 4.78 is 19.3. The van der Waals surface area contributed by atoms with E-state index in [1.165, 1.54) is 21.5 Å². The van der Waals surface area contributed by atoms with Crippen molar-refractivity contribution in [2.24, 2.45) is 0 Å². The van der Waals surface area contributed by atoms with E-state index in [-0.39, 0.29) is 6.71 Å². The van der Waals surface area contributed by atoms with E-state index in [1.807, 2.05) is 0 Å². The normalized spacial score (nSPS) is 12.4. The van der Waals surface area contributed by atoms with Crippen molar-refractivity contribution in [3.63, 3.8) is 0 Å². The van der Waals surface area contributed by atoms with Crippen LogP contribution in [-0.4, -0.2) is 15.8 Å². The monoisotopic (exact) mass is 1030 g/mol. The Morgan fingerprint density at radius 1 is 0.272 bits per heavy atom. The fourth-order valence-electron chi connectivity index (χ4n) is 13.4. The number of hydrogen-bond acceptors (Lipinski definition) is 4. The Kier molecular flexibility index (Phi) is 10.0. The van der Waals surface area contributed by atoms with E-state index in [0.717, 1.165) is 128 Å². The maximum Gasteiger partial charge on any atom is 0.260 e. The number of ether oxygens (including phenoxy) is 2. The van der Waals surface area contributed by atoms with Gasteiger partial charge in [0.15, 0.2) is 0 Å². The van der Waals surface area contributed by atoms with Gasteiger partial charge in [-0.1, -0.05) is 164 Å². The van der Waals surface area contributed by atoms with Crippen LogP contribution < -0.4 is 35.7 Å². The largest absolute Gasteiger partial charge is 0.458 e. The highest BCUT2D eigenvalue weighted by Gasteiger charge is 2.42. The lowest BCUT2D eigenvalue weighted by Gasteiger charge is -2.33. The van der Waals surface area contributed by atoms with Gasteiger partial charge in [-0.3, -0.25) is 0 Å². The smallest absolute Gasteiger partial charge is 0.260 e. The van der Waals surface area contributed by atoms with Crippen molar-refractivity contribution in [1.29, 1.82) is 0 Å². The number of rotatable bonds is 8. The Balaban J connectivity index is 0.947. The second-order valence-electron chi connectivity index (χ2n) is 21.1. The van der Waals surface area contributed by atoms with Gasteiger partial charge in [0.1, 0.15) is 23.0 Å². The van der Waals surface area contributed by atoms with E-state index in [2.05, 4.69) is 304 Å². The summed E-state index contributed by atoms with van der Waals surface area (Å²) in [5.41, 5.74) is 16.3. The van der Waals surface area contributed by atoms with Crippen LogP contribution >= 0.6 is 0 Å².